The van der Waals surface area contributed by atoms with Crippen molar-refractivity contribution in [3.05, 3.63) is 71.4 Å². The van der Waals surface area contributed by atoms with Gasteiger partial charge in [-0.3, -0.25) is 0 Å². The van der Waals surface area contributed by atoms with Crippen LogP contribution in [0, 0.1) is 0 Å². The van der Waals surface area contributed by atoms with Crippen molar-refractivity contribution in [1.29, 1.82) is 0 Å². The van der Waals surface area contributed by atoms with Crippen molar-refractivity contribution in [2.24, 2.45) is 0 Å². The van der Waals surface area contributed by atoms with Gasteiger partial charge in [-0.1, -0.05) is 30.3 Å². The maximum absolute atomic E-state index is 12.5. The predicted molar refractivity (Wildman–Crippen MR) is 121 cm³/mol. The topological polar surface area (TPSA) is 82.7 Å². The second kappa shape index (κ2) is 9.41. The van der Waals surface area contributed by atoms with E-state index in [4.69, 9.17) is 17.0 Å². The first-order valence-electron chi connectivity index (χ1n) is 9.54. The van der Waals surface area contributed by atoms with E-state index < -0.39 is 12.0 Å². The third kappa shape index (κ3) is 4.60. The number of rotatable bonds is 5. The second-order valence-electron chi connectivity index (χ2n) is 6.69. The molecule has 8 heteroatoms. The lowest BCUT2D eigenvalue weighted by Crippen LogP contribution is -2.47. The Morgan fingerprint density at radius 2 is 1.77 bits per heavy atom. The van der Waals surface area contributed by atoms with Gasteiger partial charge >= 0.3 is 12.0 Å². The molecule has 0 spiro atoms. The van der Waals surface area contributed by atoms with Crippen LogP contribution in [0.5, 0.6) is 0 Å². The van der Waals surface area contributed by atoms with Crippen molar-refractivity contribution in [1.82, 2.24) is 10.2 Å². The number of hydrogen-bond donors (Lipinski definition) is 3. The Hall–Kier alpha value is -3.39. The van der Waals surface area contributed by atoms with Crippen molar-refractivity contribution >= 4 is 40.7 Å². The fourth-order valence-corrected chi connectivity index (χ4v) is 3.78. The number of carbonyl (C=O) groups excluding carboxylic acids is 2. The summed E-state index contributed by atoms with van der Waals surface area (Å²) in [6.07, 6.45) is 0. The lowest BCUT2D eigenvalue weighted by Gasteiger charge is -2.37. The molecule has 0 saturated carbocycles. The van der Waals surface area contributed by atoms with Crippen molar-refractivity contribution in [3.63, 3.8) is 0 Å². The summed E-state index contributed by atoms with van der Waals surface area (Å²) in [6.45, 7) is 4.44. The van der Waals surface area contributed by atoms with E-state index in [0.29, 0.717) is 28.6 Å². The van der Waals surface area contributed by atoms with Gasteiger partial charge in [-0.25, -0.2) is 9.59 Å². The number of allylic oxidation sites excluding steroid dienone is 1. The molecular weight excluding hydrogens is 400 g/mol. The molecule has 2 aromatic rings. The Balaban J connectivity index is 1.86. The largest absolute Gasteiger partial charge is 0.466 e. The predicted octanol–water partition coefficient (Wildman–Crippen LogP) is 4.03. The van der Waals surface area contributed by atoms with Crippen LogP contribution in [0.2, 0.25) is 0 Å². The number of thiocarbonyl (C=S) groups is 1. The minimum Gasteiger partial charge on any atom is -0.466 e. The molecule has 2 aromatic carbocycles. The highest BCUT2D eigenvalue weighted by molar-refractivity contribution is 7.80. The second-order valence-corrected chi connectivity index (χ2v) is 7.07. The minimum absolute atomic E-state index is 0.359. The Morgan fingerprint density at radius 1 is 1.10 bits per heavy atom. The monoisotopic (exact) mass is 424 g/mol. The molecule has 0 unspecified atom stereocenters. The number of ether oxygens (including phenoxy) is 1. The van der Waals surface area contributed by atoms with E-state index in [1.54, 1.807) is 18.2 Å². The molecule has 0 saturated heterocycles. The van der Waals surface area contributed by atoms with Crippen molar-refractivity contribution < 1.29 is 14.3 Å². The third-order valence-corrected chi connectivity index (χ3v) is 5.17. The van der Waals surface area contributed by atoms with Gasteiger partial charge in [0.15, 0.2) is 5.11 Å². The van der Waals surface area contributed by atoms with Crippen LogP contribution in [-0.2, 0) is 9.53 Å². The molecule has 2 amide bonds. The van der Waals surface area contributed by atoms with Crippen LogP contribution in [0.3, 0.4) is 0 Å². The summed E-state index contributed by atoms with van der Waals surface area (Å²) in [5.74, 6) is -0.425. The third-order valence-electron chi connectivity index (χ3n) is 4.83. The maximum Gasteiger partial charge on any atom is 0.337 e. The number of urea groups is 1. The summed E-state index contributed by atoms with van der Waals surface area (Å²) in [7, 11) is 1.36. The summed E-state index contributed by atoms with van der Waals surface area (Å²) < 4.78 is 5.01. The quantitative estimate of drug-likeness (QED) is 0.497. The van der Waals surface area contributed by atoms with Gasteiger partial charge in [-0.15, -0.1) is 0 Å². The summed E-state index contributed by atoms with van der Waals surface area (Å²) in [4.78, 5) is 26.7. The molecule has 0 bridgehead atoms. The van der Waals surface area contributed by atoms with Crippen LogP contribution in [0.4, 0.5) is 16.2 Å². The molecule has 1 aliphatic heterocycles. The molecule has 1 heterocycles. The minimum atomic E-state index is -0.480. The molecule has 1 atom stereocenters. The van der Waals surface area contributed by atoms with E-state index in [2.05, 4.69) is 16.0 Å². The molecule has 156 valence electrons. The van der Waals surface area contributed by atoms with Gasteiger partial charge in [0.1, 0.15) is 0 Å². The highest BCUT2D eigenvalue weighted by Crippen LogP contribution is 2.32. The van der Waals surface area contributed by atoms with Crippen LogP contribution in [0.15, 0.2) is 65.9 Å². The van der Waals surface area contributed by atoms with E-state index in [1.807, 2.05) is 55.1 Å². The van der Waals surface area contributed by atoms with Crippen molar-refractivity contribution in [3.8, 4) is 0 Å². The number of nitrogens with zero attached hydrogens (tertiary/aromatic N) is 1. The normalized spacial score (nSPS) is 16.0. The molecule has 0 fully saturated rings. The van der Waals surface area contributed by atoms with Crippen LogP contribution in [-0.4, -0.2) is 35.7 Å². The van der Waals surface area contributed by atoms with Gasteiger partial charge in [0.2, 0.25) is 0 Å². The Morgan fingerprint density at radius 3 is 2.43 bits per heavy atom. The van der Waals surface area contributed by atoms with E-state index >= 15 is 0 Å². The number of carbonyl (C=O) groups is 2. The number of benzene rings is 2. The van der Waals surface area contributed by atoms with E-state index in [-0.39, 0.29) is 6.03 Å². The molecular formula is C22H24N4O3S. The van der Waals surface area contributed by atoms with Gasteiger partial charge in [-0.2, -0.15) is 0 Å². The SMILES string of the molecule is CCN1C(=S)N[C@H](c2cccc(NC(=O)Nc3ccccc3)c2)C(C(=O)OC)=C1C. The molecule has 1 aliphatic rings. The molecule has 0 radical (unpaired) electrons. The van der Waals surface area contributed by atoms with Crippen molar-refractivity contribution in [2.45, 2.75) is 19.9 Å². The zero-order valence-corrected chi connectivity index (χ0v) is 17.9. The van der Waals surface area contributed by atoms with Gasteiger partial charge in [0, 0.05) is 23.6 Å². The lowest BCUT2D eigenvalue weighted by atomic mass is 9.94. The first-order chi connectivity index (χ1) is 14.4. The smallest absolute Gasteiger partial charge is 0.337 e. The number of para-hydroxylation sites is 1. The molecule has 3 N–H and O–H groups in total. The van der Waals surface area contributed by atoms with Crippen LogP contribution in [0.1, 0.15) is 25.5 Å². The van der Waals surface area contributed by atoms with Crippen LogP contribution >= 0.6 is 12.2 Å². The average molecular weight is 425 g/mol. The summed E-state index contributed by atoms with van der Waals surface area (Å²) >= 11 is 5.48. The van der Waals surface area contributed by atoms with E-state index in [0.717, 1.165) is 11.3 Å². The molecule has 0 aliphatic carbocycles. The number of anilines is 2. The van der Waals surface area contributed by atoms with Crippen LogP contribution < -0.4 is 16.0 Å². The highest BCUT2D eigenvalue weighted by atomic mass is 32.1. The Labute approximate surface area is 181 Å². The highest BCUT2D eigenvalue weighted by Gasteiger charge is 2.34. The van der Waals surface area contributed by atoms with Gasteiger partial charge in [0.25, 0.3) is 0 Å². The first-order valence-corrected chi connectivity index (χ1v) is 9.95. The fraction of sp³-hybridized carbons (Fsp3) is 0.227. The molecule has 30 heavy (non-hydrogen) atoms. The van der Waals surface area contributed by atoms with Gasteiger partial charge < -0.3 is 25.6 Å². The number of amides is 2. The number of hydrogen-bond acceptors (Lipinski definition) is 4. The summed E-state index contributed by atoms with van der Waals surface area (Å²) in [6, 6.07) is 15.6. The molecule has 0 aromatic heterocycles. The Kier molecular flexibility index (Phi) is 6.68. The summed E-state index contributed by atoms with van der Waals surface area (Å²) in [5.41, 5.74) is 3.30. The van der Waals surface area contributed by atoms with E-state index in [9.17, 15) is 9.59 Å². The molecule has 3 rings (SSSR count). The van der Waals surface area contributed by atoms with E-state index in [1.165, 1.54) is 7.11 Å². The van der Waals surface area contributed by atoms with Gasteiger partial charge in [0.05, 0.1) is 18.7 Å². The summed E-state index contributed by atoms with van der Waals surface area (Å²) in [5, 5.41) is 9.35. The molecule has 7 nitrogen and oxygen atoms in total. The maximum atomic E-state index is 12.5. The zero-order chi connectivity index (χ0) is 21.7. The standard InChI is InChI=1S/C22H24N4O3S/c1-4-26-14(2)18(20(27)29-3)19(25-22(26)30)15-9-8-12-17(13-15)24-21(28)23-16-10-6-5-7-11-16/h5-13,19H,4H2,1-3H3,(H,25,30)(H2,23,24,28)/t19-/m1/s1. The Bertz CT molecular complexity index is 991. The fourth-order valence-electron chi connectivity index (χ4n) is 3.40. The van der Waals surface area contributed by atoms with Crippen molar-refractivity contribution in [2.75, 3.05) is 24.3 Å². The number of methoxy groups -OCH3 is 1. The average Bonchev–Trinajstić information content (AvgIpc) is 2.74. The lowest BCUT2D eigenvalue weighted by molar-refractivity contribution is -0.136. The first kappa shape index (κ1) is 21.3. The van der Waals surface area contributed by atoms with Gasteiger partial charge in [-0.05, 0) is 55.9 Å². The zero-order valence-electron chi connectivity index (χ0n) is 17.1. The number of nitrogens with one attached hydrogen (secondary N) is 3. The van der Waals surface area contributed by atoms with Crippen LogP contribution in [0.25, 0.3) is 0 Å². The number of esters is 1.